The number of nitrogens with zero attached hydrogens (tertiary/aromatic N) is 2. The molecule has 29 nitrogen and oxygen atoms in total. The number of phenols is 1. The van der Waals surface area contributed by atoms with Gasteiger partial charge in [-0.3, -0.25) is 52.9 Å². The number of amides is 9. The third-order valence-electron chi connectivity index (χ3n) is 13.6. The Balaban J connectivity index is 1.80. The molecule has 1 saturated heterocycles. The smallest absolute Gasteiger partial charge is 0.326 e. The van der Waals surface area contributed by atoms with Crippen molar-refractivity contribution in [3.63, 3.8) is 0 Å². The zero-order chi connectivity index (χ0) is 63.3. The number of carboxylic acids is 2. The number of aromatic hydroxyl groups is 1. The van der Waals surface area contributed by atoms with E-state index in [-0.39, 0.29) is 101 Å². The van der Waals surface area contributed by atoms with E-state index in [9.17, 15) is 73.2 Å². The second kappa shape index (κ2) is 36.6. The first-order valence-corrected chi connectivity index (χ1v) is 28.6. The Bertz CT molecular complexity index is 2610. The average molecular weight is 1210 g/mol. The minimum atomic E-state index is -1.85. The Hall–Kier alpha value is -8.09. The average Bonchev–Trinajstić information content (AvgIpc) is 4.17. The summed E-state index contributed by atoms with van der Waals surface area (Å²) in [5, 5.41) is 59.4. The van der Waals surface area contributed by atoms with E-state index >= 15 is 0 Å². The number of hydrogen-bond acceptors (Lipinski definition) is 17. The van der Waals surface area contributed by atoms with E-state index in [2.05, 4.69) is 60.2 Å². The van der Waals surface area contributed by atoms with Crippen LogP contribution >= 0.6 is 12.6 Å². The van der Waals surface area contributed by atoms with Gasteiger partial charge in [0, 0.05) is 19.5 Å². The van der Waals surface area contributed by atoms with Crippen LogP contribution in [0.3, 0.4) is 0 Å². The molecule has 0 aliphatic carbocycles. The molecule has 30 heteroatoms. The fourth-order valence-electron chi connectivity index (χ4n) is 9.04. The van der Waals surface area contributed by atoms with Crippen molar-refractivity contribution in [3.05, 3.63) is 65.7 Å². The number of benzene rings is 2. The van der Waals surface area contributed by atoms with E-state index < -0.39 is 139 Å². The zero-order valence-corrected chi connectivity index (χ0v) is 48.9. The summed E-state index contributed by atoms with van der Waals surface area (Å²) < 4.78 is 0. The number of aliphatic hydroxyl groups excluding tert-OH is 1. The summed E-state index contributed by atoms with van der Waals surface area (Å²) in [6.45, 7) is 4.31. The third kappa shape index (κ3) is 25.0. The van der Waals surface area contributed by atoms with Crippen molar-refractivity contribution in [1.29, 1.82) is 0 Å². The molecule has 3 rings (SSSR count). The van der Waals surface area contributed by atoms with E-state index in [4.69, 9.17) is 22.9 Å². The Kier molecular flexibility index (Phi) is 30.6. The van der Waals surface area contributed by atoms with E-state index in [0.717, 1.165) is 0 Å². The van der Waals surface area contributed by atoms with E-state index in [0.29, 0.717) is 24.0 Å². The summed E-state index contributed by atoms with van der Waals surface area (Å²) in [6, 6.07) is 0.316. The van der Waals surface area contributed by atoms with Gasteiger partial charge in [-0.2, -0.15) is 12.6 Å². The van der Waals surface area contributed by atoms with Gasteiger partial charge in [-0.25, -0.2) is 4.79 Å². The van der Waals surface area contributed by atoms with Crippen LogP contribution in [0, 0.1) is 5.92 Å². The first-order valence-electron chi connectivity index (χ1n) is 28.0. The lowest BCUT2D eigenvalue weighted by Gasteiger charge is -2.31. The number of rotatable bonds is 37. The lowest BCUT2D eigenvalue weighted by Crippen LogP contribution is -2.61. The molecule has 0 spiro atoms. The molecule has 0 radical (unpaired) electrons. The maximum Gasteiger partial charge on any atom is 0.326 e. The number of likely N-dealkylation sites (tertiary alicyclic amines) is 1. The van der Waals surface area contributed by atoms with Gasteiger partial charge >= 0.3 is 11.9 Å². The summed E-state index contributed by atoms with van der Waals surface area (Å²) in [7, 11) is 0. The number of aliphatic imine (C=N–C) groups is 1. The van der Waals surface area contributed by atoms with Crippen molar-refractivity contribution < 1.29 is 73.2 Å². The van der Waals surface area contributed by atoms with Crippen LogP contribution in [0.4, 0.5) is 0 Å². The summed E-state index contributed by atoms with van der Waals surface area (Å²) in [5.41, 5.74) is 23.6. The monoisotopic (exact) mass is 1210 g/mol. The number of guanidine groups is 1. The standard InChI is InChI=1S/C55H84N14O15S/c1-30(2)25-39(48(77)61-31(3)45(74)64-38(54(83)84)14-9-22-60-55(58)59)67-52(81)43-15-10-23-69(43)53(82)37(20-24-85)63-50(79)41(28-44(72)73)66-47(76)36(13-7-8-21-56)62-49(78)40(27-32-11-5-4-6-12-32)65-51(80)42(29-70)68-46(75)35(57)26-33-16-18-34(71)19-17-33/h4-6,11-12,16-19,30-31,35-43,70-71,85H,7-10,13-15,20-29,56-57H2,1-3H3,(H,61,77)(H,62,78)(H,63,79)(H,64,74)(H,65,80)(H,66,76)(H,67,81)(H,68,75)(H,72,73)(H,83,84)(H4,58,59,60)/t31-,35-,36-,37-,38-,39-,40-,41-,42-,43-/m0/s1. The van der Waals surface area contributed by atoms with E-state index in [1.807, 2.05) is 0 Å². The quantitative estimate of drug-likeness (QED) is 0.0135. The fourth-order valence-corrected chi connectivity index (χ4v) is 9.30. The van der Waals surface area contributed by atoms with Gasteiger partial charge in [0.1, 0.15) is 60.1 Å². The molecule has 0 aromatic heterocycles. The SMILES string of the molecule is CC(C)C[C@H](NC(=O)[C@@H]1CCCN1C(=O)[C@H](CCS)NC(=O)[C@H](CC(=O)O)NC(=O)[C@H](CCCCN)NC(=O)[C@H](Cc1ccccc1)NC(=O)[C@H](CO)NC(=O)[C@@H](N)Cc1ccc(O)cc1)C(=O)N[C@@H](C)C(=O)N[C@@H](CCCN=C(N)N)C(=O)O. The second-order valence-electron chi connectivity index (χ2n) is 21.0. The first-order chi connectivity index (χ1) is 40.3. The van der Waals surface area contributed by atoms with Crippen molar-refractivity contribution in [2.24, 2.45) is 33.8 Å². The van der Waals surface area contributed by atoms with Crippen LogP contribution in [0.2, 0.25) is 0 Å². The molecule has 9 amide bonds. The number of nitrogens with two attached hydrogens (primary N) is 4. The van der Waals surface area contributed by atoms with Gasteiger partial charge in [-0.1, -0.05) is 56.3 Å². The topological polar surface area (TPSA) is 485 Å². The van der Waals surface area contributed by atoms with Crippen LogP contribution < -0.4 is 65.5 Å². The van der Waals surface area contributed by atoms with Gasteiger partial charge < -0.3 is 90.8 Å². The molecule has 1 fully saturated rings. The number of carboxylic acid groups (broad SMARTS) is 2. The number of nitrogens with one attached hydrogen (secondary N) is 8. The molecular weight excluding hydrogens is 1130 g/mol. The number of thiol groups is 1. The molecular formula is C55H84N14O15S. The second-order valence-corrected chi connectivity index (χ2v) is 21.5. The highest BCUT2D eigenvalue weighted by atomic mass is 32.1. The van der Waals surface area contributed by atoms with Crippen molar-refractivity contribution >= 4 is 83.7 Å². The predicted molar refractivity (Wildman–Crippen MR) is 314 cm³/mol. The summed E-state index contributed by atoms with van der Waals surface area (Å²) in [4.78, 5) is 154. The largest absolute Gasteiger partial charge is 0.508 e. The third-order valence-corrected chi connectivity index (χ3v) is 13.8. The number of carbonyl (C=O) groups excluding carboxylic acids is 9. The molecule has 20 N–H and O–H groups in total. The van der Waals surface area contributed by atoms with Crippen LogP contribution in [0.15, 0.2) is 59.6 Å². The molecule has 1 aliphatic heterocycles. The Morgan fingerprint density at radius 3 is 1.79 bits per heavy atom. The molecule has 2 aromatic carbocycles. The summed E-state index contributed by atoms with van der Waals surface area (Å²) in [5.74, 6) is -11.2. The van der Waals surface area contributed by atoms with Gasteiger partial charge in [0.2, 0.25) is 53.2 Å². The zero-order valence-electron chi connectivity index (χ0n) is 48.0. The number of carbonyl (C=O) groups is 11. The van der Waals surface area contributed by atoms with Crippen molar-refractivity contribution in [2.75, 3.05) is 32.0 Å². The molecule has 0 unspecified atom stereocenters. The number of hydrogen-bond donors (Lipinski definition) is 17. The first kappa shape index (κ1) is 71.2. The van der Waals surface area contributed by atoms with E-state index in [1.165, 1.54) is 24.0 Å². The lowest BCUT2D eigenvalue weighted by atomic mass is 10.0. The Morgan fingerprint density at radius 1 is 0.635 bits per heavy atom. The van der Waals surface area contributed by atoms with Crippen molar-refractivity contribution in [3.8, 4) is 5.75 Å². The molecule has 0 saturated carbocycles. The molecule has 1 aliphatic rings. The predicted octanol–water partition coefficient (Wildman–Crippen LogP) is -3.51. The van der Waals surface area contributed by atoms with E-state index in [1.54, 1.807) is 56.3 Å². The molecule has 2 aromatic rings. The molecule has 85 heavy (non-hydrogen) atoms. The van der Waals surface area contributed by atoms with Crippen LogP contribution in [0.1, 0.15) is 96.1 Å². The van der Waals surface area contributed by atoms with Gasteiger partial charge in [0.05, 0.1) is 19.1 Å². The number of aliphatic hydroxyl groups is 1. The maximum absolute atomic E-state index is 14.4. The highest BCUT2D eigenvalue weighted by Gasteiger charge is 2.41. The van der Waals surface area contributed by atoms with Gasteiger partial charge in [-0.05, 0) is 113 Å². The molecule has 470 valence electrons. The van der Waals surface area contributed by atoms with Crippen molar-refractivity contribution in [2.45, 2.75) is 158 Å². The minimum Gasteiger partial charge on any atom is -0.508 e. The molecule has 0 bridgehead atoms. The number of aliphatic carboxylic acids is 2. The molecule has 10 atom stereocenters. The fraction of sp³-hybridized carbons (Fsp3) is 0.564. The Morgan fingerprint density at radius 2 is 1.19 bits per heavy atom. The van der Waals surface area contributed by atoms with Crippen LogP contribution in [-0.2, 0) is 65.6 Å². The highest BCUT2D eigenvalue weighted by molar-refractivity contribution is 7.80. The summed E-state index contributed by atoms with van der Waals surface area (Å²) in [6.07, 6.45) is -0.0543. The van der Waals surface area contributed by atoms with Gasteiger partial charge in [-0.15, -0.1) is 0 Å². The van der Waals surface area contributed by atoms with Crippen LogP contribution in [0.25, 0.3) is 0 Å². The summed E-state index contributed by atoms with van der Waals surface area (Å²) >= 11 is 4.27. The number of unbranched alkanes of at least 4 members (excludes halogenated alkanes) is 1. The number of phenolic OH excluding ortho intramolecular Hbond substituents is 1. The normalized spacial score (nSPS) is 16.0. The van der Waals surface area contributed by atoms with Gasteiger partial charge in [0.15, 0.2) is 5.96 Å². The lowest BCUT2D eigenvalue weighted by molar-refractivity contribution is -0.144. The highest BCUT2D eigenvalue weighted by Crippen LogP contribution is 2.21. The van der Waals surface area contributed by atoms with Crippen LogP contribution in [0.5, 0.6) is 5.75 Å². The van der Waals surface area contributed by atoms with Crippen LogP contribution in [-0.4, -0.2) is 189 Å². The molecule has 1 heterocycles. The maximum atomic E-state index is 14.4. The minimum absolute atomic E-state index is 0.000823. The van der Waals surface area contributed by atoms with Crippen molar-refractivity contribution in [1.82, 2.24) is 47.4 Å². The van der Waals surface area contributed by atoms with Gasteiger partial charge in [0.25, 0.3) is 0 Å². The Labute approximate surface area is 498 Å².